The monoisotopic (exact) mass is 284 g/mol. The van der Waals surface area contributed by atoms with E-state index in [1.165, 1.54) is 39.1 Å². The van der Waals surface area contributed by atoms with Crippen LogP contribution >= 0.6 is 0 Å². The highest BCUT2D eigenvalue weighted by molar-refractivity contribution is 5.94. The number of hydrogen-bond donors (Lipinski definition) is 1. The third kappa shape index (κ3) is 3.52. The van der Waals surface area contributed by atoms with E-state index in [-0.39, 0.29) is 11.6 Å². The molecule has 0 saturated heterocycles. The van der Waals surface area contributed by atoms with Crippen molar-refractivity contribution in [3.63, 3.8) is 0 Å². The van der Waals surface area contributed by atoms with Gasteiger partial charge < -0.3 is 5.32 Å². The molecule has 3 nitrogen and oxygen atoms in total. The average Bonchev–Trinajstić information content (AvgIpc) is 2.26. The summed E-state index contributed by atoms with van der Waals surface area (Å²) < 4.78 is 28.2. The lowest BCUT2D eigenvalue weighted by Crippen LogP contribution is -2.32. The summed E-state index contributed by atoms with van der Waals surface area (Å²) in [6.45, 7) is 9.71. The van der Waals surface area contributed by atoms with E-state index in [0.717, 1.165) is 0 Å². The second-order valence-electron chi connectivity index (χ2n) is 6.96. The van der Waals surface area contributed by atoms with Crippen molar-refractivity contribution < 1.29 is 13.6 Å². The molecule has 1 amide bonds. The molecule has 1 rings (SSSR count). The number of carbonyl (C=O) groups is 1. The molecule has 112 valence electrons. The first-order valence-corrected chi connectivity index (χ1v) is 6.51. The predicted octanol–water partition coefficient (Wildman–Crippen LogP) is 4.20. The van der Waals surface area contributed by atoms with E-state index >= 15 is 0 Å². The summed E-state index contributed by atoms with van der Waals surface area (Å²) in [5.41, 5.74) is -1.64. The molecule has 1 heterocycles. The minimum absolute atomic E-state index is 0.186. The van der Waals surface area contributed by atoms with Crippen molar-refractivity contribution in [2.24, 2.45) is 10.8 Å². The third-order valence-electron chi connectivity index (χ3n) is 2.97. The molecular weight excluding hydrogens is 262 g/mol. The Morgan fingerprint density at radius 1 is 1.10 bits per heavy atom. The Kier molecular flexibility index (Phi) is 4.22. The maximum absolute atomic E-state index is 14.1. The van der Waals surface area contributed by atoms with Gasteiger partial charge in [0.1, 0.15) is 5.69 Å². The second kappa shape index (κ2) is 5.11. The number of nitrogens with one attached hydrogen (secondary N) is 1. The highest BCUT2D eigenvalue weighted by Crippen LogP contribution is 2.43. The number of aromatic nitrogens is 1. The van der Waals surface area contributed by atoms with Gasteiger partial charge in [0, 0.05) is 10.8 Å². The Balaban J connectivity index is 2.93. The highest BCUT2D eigenvalue weighted by atomic mass is 19.3. The molecule has 0 radical (unpaired) electrons. The van der Waals surface area contributed by atoms with E-state index in [1.807, 2.05) is 0 Å². The predicted molar refractivity (Wildman–Crippen MR) is 75.7 cm³/mol. The van der Waals surface area contributed by atoms with Gasteiger partial charge in [0.2, 0.25) is 5.91 Å². The quantitative estimate of drug-likeness (QED) is 0.884. The zero-order valence-electron chi connectivity index (χ0n) is 12.8. The van der Waals surface area contributed by atoms with Crippen molar-refractivity contribution in [2.45, 2.75) is 47.5 Å². The van der Waals surface area contributed by atoms with Gasteiger partial charge in [-0.15, -0.1) is 0 Å². The molecule has 0 aliphatic carbocycles. The molecule has 0 aromatic carbocycles. The number of alkyl halides is 2. The minimum Gasteiger partial charge on any atom is -0.324 e. The van der Waals surface area contributed by atoms with Gasteiger partial charge in [0.15, 0.2) is 0 Å². The lowest BCUT2D eigenvalue weighted by molar-refractivity contribution is -0.123. The topological polar surface area (TPSA) is 42.0 Å². The van der Waals surface area contributed by atoms with Gasteiger partial charge >= 0.3 is 0 Å². The standard InChI is InChI=1S/C15H22F2N2O/c1-13(2,3)12(20)19-10-7-8-11(18-9-10)15(16,17)14(4,5)6/h7-9H,1-6H3,(H,19,20). The van der Waals surface area contributed by atoms with Gasteiger partial charge in [-0.1, -0.05) is 41.5 Å². The van der Waals surface area contributed by atoms with Crippen LogP contribution in [0.1, 0.15) is 47.2 Å². The minimum atomic E-state index is -3.03. The van der Waals surface area contributed by atoms with Gasteiger partial charge in [-0.25, -0.2) is 0 Å². The zero-order chi connectivity index (χ0) is 15.8. The Bertz CT molecular complexity index is 482. The van der Waals surface area contributed by atoms with Crippen LogP contribution in [0.15, 0.2) is 18.3 Å². The van der Waals surface area contributed by atoms with Crippen molar-refractivity contribution in [1.82, 2.24) is 4.98 Å². The number of anilines is 1. The van der Waals surface area contributed by atoms with Crippen LogP contribution in [0, 0.1) is 10.8 Å². The maximum Gasteiger partial charge on any atom is 0.294 e. The van der Waals surface area contributed by atoms with E-state index in [9.17, 15) is 13.6 Å². The molecule has 0 aliphatic heterocycles. The molecule has 0 bridgehead atoms. The summed E-state index contributed by atoms with van der Waals surface area (Å²) in [6.07, 6.45) is 1.26. The first-order valence-electron chi connectivity index (χ1n) is 6.51. The molecule has 0 aliphatic rings. The van der Waals surface area contributed by atoms with Gasteiger partial charge in [-0.05, 0) is 12.1 Å². The van der Waals surface area contributed by atoms with Crippen molar-refractivity contribution in [1.29, 1.82) is 0 Å². The maximum atomic E-state index is 14.1. The molecule has 5 heteroatoms. The van der Waals surface area contributed by atoms with Crippen molar-refractivity contribution in [3.8, 4) is 0 Å². The average molecular weight is 284 g/mol. The van der Waals surface area contributed by atoms with Gasteiger partial charge in [-0.3, -0.25) is 9.78 Å². The Labute approximate surface area is 118 Å². The third-order valence-corrected chi connectivity index (χ3v) is 2.97. The fraction of sp³-hybridized carbons (Fsp3) is 0.600. The molecule has 1 aromatic heterocycles. The van der Waals surface area contributed by atoms with Crippen LogP contribution in [0.25, 0.3) is 0 Å². The number of hydrogen-bond acceptors (Lipinski definition) is 2. The van der Waals surface area contributed by atoms with Crippen LogP contribution < -0.4 is 5.32 Å². The van der Waals surface area contributed by atoms with E-state index in [2.05, 4.69) is 10.3 Å². The van der Waals surface area contributed by atoms with Gasteiger partial charge in [0.05, 0.1) is 11.9 Å². The summed E-state index contributed by atoms with van der Waals surface area (Å²) in [5, 5.41) is 2.65. The second-order valence-corrected chi connectivity index (χ2v) is 6.96. The summed E-state index contributed by atoms with van der Waals surface area (Å²) in [4.78, 5) is 15.6. The summed E-state index contributed by atoms with van der Waals surface area (Å²) >= 11 is 0. The lowest BCUT2D eigenvalue weighted by Gasteiger charge is -2.29. The van der Waals surface area contributed by atoms with Crippen LogP contribution in [0.2, 0.25) is 0 Å². The number of halogens is 2. The number of nitrogens with zero attached hydrogens (tertiary/aromatic N) is 1. The van der Waals surface area contributed by atoms with Gasteiger partial charge in [-0.2, -0.15) is 8.78 Å². The largest absolute Gasteiger partial charge is 0.324 e. The smallest absolute Gasteiger partial charge is 0.294 e. The SMILES string of the molecule is CC(C)(C)C(=O)Nc1ccc(C(F)(F)C(C)(C)C)nc1. The molecule has 0 spiro atoms. The van der Waals surface area contributed by atoms with Crippen molar-refractivity contribution in [3.05, 3.63) is 24.0 Å². The van der Waals surface area contributed by atoms with Crippen LogP contribution in [0.5, 0.6) is 0 Å². The van der Waals surface area contributed by atoms with Crippen molar-refractivity contribution in [2.75, 3.05) is 5.32 Å². The van der Waals surface area contributed by atoms with E-state index in [1.54, 1.807) is 20.8 Å². The van der Waals surface area contributed by atoms with Crippen LogP contribution in [0.3, 0.4) is 0 Å². The molecular formula is C15H22F2N2O. The van der Waals surface area contributed by atoms with E-state index in [4.69, 9.17) is 0 Å². The van der Waals surface area contributed by atoms with Gasteiger partial charge in [0.25, 0.3) is 5.92 Å². The number of amides is 1. The fourth-order valence-electron chi connectivity index (χ4n) is 1.36. The Morgan fingerprint density at radius 2 is 1.65 bits per heavy atom. The molecule has 1 aromatic rings. The fourth-order valence-corrected chi connectivity index (χ4v) is 1.36. The number of carbonyl (C=O) groups excluding carboxylic acids is 1. The molecule has 0 fully saturated rings. The molecule has 0 unspecified atom stereocenters. The molecule has 0 atom stereocenters. The van der Waals surface area contributed by atoms with E-state index < -0.39 is 16.8 Å². The van der Waals surface area contributed by atoms with E-state index in [0.29, 0.717) is 5.69 Å². The first-order chi connectivity index (χ1) is 8.85. The molecule has 1 N–H and O–H groups in total. The first kappa shape index (κ1) is 16.5. The summed E-state index contributed by atoms with van der Waals surface area (Å²) in [7, 11) is 0. The van der Waals surface area contributed by atoms with Crippen LogP contribution in [-0.2, 0) is 10.7 Å². The Hall–Kier alpha value is -1.52. The van der Waals surface area contributed by atoms with Crippen molar-refractivity contribution >= 4 is 11.6 Å². The zero-order valence-corrected chi connectivity index (χ0v) is 12.8. The Morgan fingerprint density at radius 3 is 2.00 bits per heavy atom. The molecule has 20 heavy (non-hydrogen) atoms. The lowest BCUT2D eigenvalue weighted by atomic mass is 9.86. The normalized spacial score (nSPS) is 13.2. The molecule has 0 saturated carbocycles. The highest BCUT2D eigenvalue weighted by Gasteiger charge is 2.45. The number of rotatable bonds is 2. The number of pyridine rings is 1. The summed E-state index contributed by atoms with van der Waals surface area (Å²) in [6, 6.07) is 2.70. The van der Waals surface area contributed by atoms with Crippen LogP contribution in [0.4, 0.5) is 14.5 Å². The summed E-state index contributed by atoms with van der Waals surface area (Å²) in [5.74, 6) is -3.21. The van der Waals surface area contributed by atoms with Crippen LogP contribution in [-0.4, -0.2) is 10.9 Å².